The number of nitrogens with one attached hydrogen (secondary N) is 1. The Labute approximate surface area is 171 Å². The monoisotopic (exact) mass is 437 g/mol. The van der Waals surface area contributed by atoms with Gasteiger partial charge in [-0.15, -0.1) is 0 Å². The minimum atomic E-state index is -4.04. The number of sulfonamides is 1. The van der Waals surface area contributed by atoms with Crippen molar-refractivity contribution in [1.82, 2.24) is 14.6 Å². The van der Waals surface area contributed by atoms with Crippen molar-refractivity contribution in [2.45, 2.75) is 30.5 Å². The highest BCUT2D eigenvalue weighted by Crippen LogP contribution is 2.30. The van der Waals surface area contributed by atoms with Gasteiger partial charge >= 0.3 is 0 Å². The Kier molecular flexibility index (Phi) is 5.28. The molecule has 152 valence electrons. The molecule has 1 N–H and O–H groups in total. The third-order valence-electron chi connectivity index (χ3n) is 4.78. The Morgan fingerprint density at radius 3 is 2.93 bits per heavy atom. The van der Waals surface area contributed by atoms with Gasteiger partial charge in [-0.3, -0.25) is 4.79 Å². The second-order valence-electron chi connectivity index (χ2n) is 6.73. The van der Waals surface area contributed by atoms with Gasteiger partial charge in [-0.2, -0.15) is 4.31 Å². The van der Waals surface area contributed by atoms with Crippen LogP contribution in [0.15, 0.2) is 52.1 Å². The Morgan fingerprint density at radius 1 is 1.31 bits per heavy atom. The summed E-state index contributed by atoms with van der Waals surface area (Å²) in [5, 5.41) is 3.09. The summed E-state index contributed by atoms with van der Waals surface area (Å²) in [4.78, 5) is 16.5. The van der Waals surface area contributed by atoms with Crippen molar-refractivity contribution in [3.8, 4) is 0 Å². The van der Waals surface area contributed by atoms with Gasteiger partial charge in [0.15, 0.2) is 0 Å². The number of halogens is 2. The molecule has 10 heteroatoms. The fourth-order valence-electron chi connectivity index (χ4n) is 3.38. The van der Waals surface area contributed by atoms with Crippen molar-refractivity contribution < 1.29 is 22.0 Å². The number of furan rings is 1. The van der Waals surface area contributed by atoms with Crippen LogP contribution in [0, 0.1) is 5.82 Å². The van der Waals surface area contributed by atoms with Crippen LogP contribution >= 0.6 is 11.6 Å². The third-order valence-corrected chi connectivity index (χ3v) is 6.75. The molecule has 3 aromatic rings. The van der Waals surface area contributed by atoms with E-state index in [-0.39, 0.29) is 23.8 Å². The summed E-state index contributed by atoms with van der Waals surface area (Å²) in [5.74, 6) is -0.891. The first kappa shape index (κ1) is 19.8. The summed E-state index contributed by atoms with van der Waals surface area (Å²) in [5.41, 5.74) is 1.02. The lowest BCUT2D eigenvalue weighted by Gasteiger charge is -2.22. The lowest BCUT2D eigenvalue weighted by molar-refractivity contribution is -0.124. The zero-order chi connectivity index (χ0) is 20.6. The lowest BCUT2D eigenvalue weighted by Crippen LogP contribution is -2.45. The minimum absolute atomic E-state index is 0.201. The standard InChI is InChI=1S/C19H17ClFN3O4S/c20-17-8-12(5-6-22-17)11-23-19(25)15-2-1-7-24(15)29(26,27)18-10-13-9-14(21)3-4-16(13)28-18/h3-6,8-10,15H,1-2,7,11H2,(H,23,25)/t15-/m0/s1. The van der Waals surface area contributed by atoms with Crippen LogP contribution in [-0.2, 0) is 21.4 Å². The first-order valence-corrected chi connectivity index (χ1v) is 10.8. The van der Waals surface area contributed by atoms with E-state index in [1.165, 1.54) is 30.5 Å². The molecule has 1 fully saturated rings. The fraction of sp³-hybridized carbons (Fsp3) is 0.263. The number of rotatable bonds is 5. The predicted octanol–water partition coefficient (Wildman–Crippen LogP) is 3.09. The SMILES string of the molecule is O=C(NCc1ccnc(Cl)c1)[C@@H]1CCCN1S(=O)(=O)c1cc2cc(F)ccc2o1. The molecule has 0 radical (unpaired) electrons. The van der Waals surface area contributed by atoms with Gasteiger partial charge in [-0.25, -0.2) is 17.8 Å². The zero-order valence-corrected chi connectivity index (χ0v) is 16.7. The van der Waals surface area contributed by atoms with Crippen LogP contribution in [0.4, 0.5) is 4.39 Å². The summed E-state index contributed by atoms with van der Waals surface area (Å²) >= 11 is 5.84. The van der Waals surface area contributed by atoms with Gasteiger partial charge < -0.3 is 9.73 Å². The van der Waals surface area contributed by atoms with Gasteiger partial charge in [0.05, 0.1) is 0 Å². The molecule has 0 bridgehead atoms. The van der Waals surface area contributed by atoms with Gasteiger partial charge in [0.25, 0.3) is 10.0 Å². The maximum atomic E-state index is 13.4. The van der Waals surface area contributed by atoms with Crippen molar-refractivity contribution in [2.24, 2.45) is 0 Å². The molecule has 3 heterocycles. The van der Waals surface area contributed by atoms with Crippen LogP contribution in [0.5, 0.6) is 0 Å². The van der Waals surface area contributed by atoms with Gasteiger partial charge in [-0.1, -0.05) is 11.6 Å². The number of fused-ring (bicyclic) bond motifs is 1. The van der Waals surface area contributed by atoms with E-state index in [2.05, 4.69) is 10.3 Å². The number of hydrogen-bond donors (Lipinski definition) is 1. The highest BCUT2D eigenvalue weighted by atomic mass is 35.5. The van der Waals surface area contributed by atoms with Crippen molar-refractivity contribution in [3.63, 3.8) is 0 Å². The molecular formula is C19H17ClFN3O4S. The minimum Gasteiger partial charge on any atom is -0.443 e. The smallest absolute Gasteiger partial charge is 0.277 e. The van der Waals surface area contributed by atoms with Crippen LogP contribution in [0.2, 0.25) is 5.15 Å². The topological polar surface area (TPSA) is 92.5 Å². The second kappa shape index (κ2) is 7.74. The van der Waals surface area contributed by atoms with E-state index in [0.717, 1.165) is 9.87 Å². The molecule has 0 unspecified atom stereocenters. The summed E-state index contributed by atoms with van der Waals surface area (Å²) in [6.45, 7) is 0.405. The molecular weight excluding hydrogens is 421 g/mol. The van der Waals surface area contributed by atoms with E-state index in [1.54, 1.807) is 12.1 Å². The number of carbonyl (C=O) groups is 1. The number of carbonyl (C=O) groups excluding carboxylic acids is 1. The molecule has 1 amide bonds. The number of amides is 1. The Morgan fingerprint density at radius 2 is 2.14 bits per heavy atom. The molecule has 1 aromatic carbocycles. The summed E-state index contributed by atoms with van der Waals surface area (Å²) < 4.78 is 46.1. The van der Waals surface area contributed by atoms with Gasteiger partial charge in [-0.05, 0) is 48.7 Å². The van der Waals surface area contributed by atoms with E-state index in [1.807, 2.05) is 0 Å². The third kappa shape index (κ3) is 3.98. The highest BCUT2D eigenvalue weighted by Gasteiger charge is 2.41. The van der Waals surface area contributed by atoms with Crippen molar-refractivity contribution in [2.75, 3.05) is 6.54 Å². The summed E-state index contributed by atoms with van der Waals surface area (Å²) in [6.07, 6.45) is 2.48. The maximum absolute atomic E-state index is 13.4. The van der Waals surface area contributed by atoms with Crippen LogP contribution < -0.4 is 5.32 Å². The van der Waals surface area contributed by atoms with E-state index in [9.17, 15) is 17.6 Å². The van der Waals surface area contributed by atoms with Crippen molar-refractivity contribution in [3.05, 3.63) is 59.1 Å². The number of aromatic nitrogens is 1. The molecule has 1 aliphatic rings. The number of benzene rings is 1. The molecule has 0 spiro atoms. The lowest BCUT2D eigenvalue weighted by atomic mass is 10.2. The van der Waals surface area contributed by atoms with E-state index in [0.29, 0.717) is 23.4 Å². The normalized spacial score (nSPS) is 17.7. The fourth-order valence-corrected chi connectivity index (χ4v) is 5.19. The van der Waals surface area contributed by atoms with Gasteiger partial charge in [0.2, 0.25) is 11.0 Å². The second-order valence-corrected chi connectivity index (χ2v) is 8.93. The van der Waals surface area contributed by atoms with E-state index in [4.69, 9.17) is 16.0 Å². The molecule has 29 heavy (non-hydrogen) atoms. The Hall–Kier alpha value is -2.49. The van der Waals surface area contributed by atoms with E-state index < -0.39 is 27.8 Å². The first-order valence-electron chi connectivity index (χ1n) is 8.94. The number of hydrogen-bond acceptors (Lipinski definition) is 5. The first-order chi connectivity index (χ1) is 13.8. The molecule has 1 atom stereocenters. The van der Waals surface area contributed by atoms with Gasteiger partial charge in [0.1, 0.15) is 22.6 Å². The average molecular weight is 438 g/mol. The molecule has 1 saturated heterocycles. The van der Waals surface area contributed by atoms with Crippen LogP contribution in [-0.4, -0.2) is 36.2 Å². The predicted molar refractivity (Wildman–Crippen MR) is 104 cm³/mol. The molecule has 0 aliphatic carbocycles. The summed E-state index contributed by atoms with van der Waals surface area (Å²) in [7, 11) is -4.04. The quantitative estimate of drug-likeness (QED) is 0.619. The molecule has 2 aromatic heterocycles. The van der Waals surface area contributed by atoms with Crippen LogP contribution in [0.25, 0.3) is 11.0 Å². The van der Waals surface area contributed by atoms with Gasteiger partial charge in [0, 0.05) is 30.7 Å². The van der Waals surface area contributed by atoms with Crippen LogP contribution in [0.3, 0.4) is 0 Å². The Balaban J connectivity index is 1.53. The summed E-state index contributed by atoms with van der Waals surface area (Å²) in [6, 6.07) is 7.53. The molecule has 1 aliphatic heterocycles. The maximum Gasteiger partial charge on any atom is 0.277 e. The molecule has 0 saturated carbocycles. The number of pyridine rings is 1. The highest BCUT2D eigenvalue weighted by molar-refractivity contribution is 7.89. The molecule has 4 rings (SSSR count). The van der Waals surface area contributed by atoms with Crippen molar-refractivity contribution >= 4 is 38.5 Å². The molecule has 7 nitrogen and oxygen atoms in total. The van der Waals surface area contributed by atoms with E-state index >= 15 is 0 Å². The largest absolute Gasteiger partial charge is 0.443 e. The zero-order valence-electron chi connectivity index (χ0n) is 15.1. The van der Waals surface area contributed by atoms with Crippen LogP contribution in [0.1, 0.15) is 18.4 Å². The Bertz CT molecular complexity index is 1180. The number of nitrogens with zero attached hydrogens (tertiary/aromatic N) is 2. The van der Waals surface area contributed by atoms with Crippen molar-refractivity contribution in [1.29, 1.82) is 0 Å². The average Bonchev–Trinajstić information content (AvgIpc) is 3.33.